The molecule has 0 saturated carbocycles. The number of benzene rings is 2. The molecule has 39 heavy (non-hydrogen) atoms. The number of carbonyl (C=O) groups is 2. The fourth-order valence-electron chi connectivity index (χ4n) is 4.28. The van der Waals surface area contributed by atoms with Gasteiger partial charge in [0, 0.05) is 64.4 Å². The lowest BCUT2D eigenvalue weighted by atomic mass is 10.2. The predicted molar refractivity (Wildman–Crippen MR) is 155 cm³/mol. The molecule has 0 unspecified atom stereocenters. The molecule has 3 amide bonds. The number of amides is 3. The Kier molecular flexibility index (Phi) is 9.71. The number of anilines is 4. The highest BCUT2D eigenvalue weighted by Crippen LogP contribution is 2.19. The second-order valence-corrected chi connectivity index (χ2v) is 9.69. The molecule has 4 N–H and O–H groups in total. The number of carbonyl (C=O) groups excluding carboxylic acids is 2. The van der Waals surface area contributed by atoms with Crippen molar-refractivity contribution in [3.05, 3.63) is 78.1 Å². The minimum absolute atomic E-state index is 0.184. The number of nitrogen functional groups attached to an aromatic ring is 1. The Hall–Kier alpha value is -4.15. The standard InChI is InChI=1S/C29H37N7O3/c1-34(2)24-11-9-23(10-12-24)32-29(38)36(15-5-14-35-16-18-39-19-17-35)21-22-8-13-27(31-20-22)28(37)33-26-7-4-3-6-25(26)30/h3-4,6-13,20H,5,14-19,21,30H2,1-2H3,(H,32,38)(H,33,37). The number of urea groups is 1. The number of para-hydroxylation sites is 2. The summed E-state index contributed by atoms with van der Waals surface area (Å²) in [7, 11) is 3.95. The first-order valence-electron chi connectivity index (χ1n) is 13.1. The van der Waals surface area contributed by atoms with E-state index in [2.05, 4.69) is 20.5 Å². The van der Waals surface area contributed by atoms with Crippen molar-refractivity contribution in [1.29, 1.82) is 0 Å². The van der Waals surface area contributed by atoms with Crippen molar-refractivity contribution >= 4 is 34.7 Å². The average Bonchev–Trinajstić information content (AvgIpc) is 2.95. The highest BCUT2D eigenvalue weighted by Gasteiger charge is 2.17. The molecular formula is C29H37N7O3. The Morgan fingerprint density at radius 1 is 1.00 bits per heavy atom. The maximum Gasteiger partial charge on any atom is 0.322 e. The summed E-state index contributed by atoms with van der Waals surface area (Å²) in [6.07, 6.45) is 2.47. The molecule has 10 heteroatoms. The Morgan fingerprint density at radius 2 is 1.74 bits per heavy atom. The van der Waals surface area contributed by atoms with Gasteiger partial charge in [0.2, 0.25) is 0 Å². The summed E-state index contributed by atoms with van der Waals surface area (Å²) in [6.45, 7) is 5.15. The van der Waals surface area contributed by atoms with Crippen molar-refractivity contribution in [1.82, 2.24) is 14.8 Å². The highest BCUT2D eigenvalue weighted by molar-refractivity contribution is 6.04. The molecule has 0 aliphatic carbocycles. The van der Waals surface area contributed by atoms with Gasteiger partial charge in [0.1, 0.15) is 5.69 Å². The monoisotopic (exact) mass is 531 g/mol. The molecule has 206 valence electrons. The van der Waals surface area contributed by atoms with E-state index in [4.69, 9.17) is 10.5 Å². The topological polar surface area (TPSA) is 116 Å². The zero-order valence-electron chi connectivity index (χ0n) is 22.6. The lowest BCUT2D eigenvalue weighted by Gasteiger charge is -2.28. The largest absolute Gasteiger partial charge is 0.397 e. The van der Waals surface area contributed by atoms with Crippen molar-refractivity contribution in [3.63, 3.8) is 0 Å². The van der Waals surface area contributed by atoms with Gasteiger partial charge in [-0.2, -0.15) is 0 Å². The Morgan fingerprint density at radius 3 is 2.41 bits per heavy atom. The Balaban J connectivity index is 1.40. The third kappa shape index (κ3) is 8.17. The van der Waals surface area contributed by atoms with Crippen molar-refractivity contribution in [2.75, 3.05) is 74.8 Å². The maximum absolute atomic E-state index is 13.3. The maximum atomic E-state index is 13.3. The van der Waals surface area contributed by atoms with Gasteiger partial charge >= 0.3 is 6.03 Å². The average molecular weight is 532 g/mol. The highest BCUT2D eigenvalue weighted by atomic mass is 16.5. The van der Waals surface area contributed by atoms with Gasteiger partial charge in [-0.3, -0.25) is 14.7 Å². The molecule has 2 heterocycles. The van der Waals surface area contributed by atoms with E-state index < -0.39 is 0 Å². The molecule has 0 spiro atoms. The van der Waals surface area contributed by atoms with Crippen LogP contribution in [0, 0.1) is 0 Å². The van der Waals surface area contributed by atoms with Gasteiger partial charge in [0.25, 0.3) is 5.91 Å². The molecule has 10 nitrogen and oxygen atoms in total. The number of rotatable bonds is 10. The summed E-state index contributed by atoms with van der Waals surface area (Å²) >= 11 is 0. The van der Waals surface area contributed by atoms with E-state index in [0.717, 1.165) is 56.2 Å². The first kappa shape index (κ1) is 27.9. The van der Waals surface area contributed by atoms with Gasteiger partial charge in [0.05, 0.1) is 24.6 Å². The molecule has 0 radical (unpaired) electrons. The van der Waals surface area contributed by atoms with Crippen molar-refractivity contribution in [2.45, 2.75) is 13.0 Å². The van der Waals surface area contributed by atoms with Crippen LogP contribution in [-0.4, -0.2) is 80.2 Å². The van der Waals surface area contributed by atoms with Crippen molar-refractivity contribution in [3.8, 4) is 0 Å². The molecular weight excluding hydrogens is 494 g/mol. The lowest BCUT2D eigenvalue weighted by molar-refractivity contribution is 0.0365. The van der Waals surface area contributed by atoms with Crippen molar-refractivity contribution in [2.24, 2.45) is 0 Å². The number of aromatic nitrogens is 1. The van der Waals surface area contributed by atoms with Gasteiger partial charge in [-0.15, -0.1) is 0 Å². The smallest absolute Gasteiger partial charge is 0.322 e. The number of pyridine rings is 1. The minimum atomic E-state index is -0.347. The molecule has 1 fully saturated rings. The quantitative estimate of drug-likeness (QED) is 0.341. The number of morpholine rings is 1. The van der Waals surface area contributed by atoms with E-state index in [9.17, 15) is 9.59 Å². The van der Waals surface area contributed by atoms with Crippen LogP contribution < -0.4 is 21.3 Å². The van der Waals surface area contributed by atoms with Crippen LogP contribution in [0.5, 0.6) is 0 Å². The van der Waals surface area contributed by atoms with E-state index in [-0.39, 0.29) is 17.6 Å². The number of hydrogen-bond acceptors (Lipinski definition) is 7. The SMILES string of the molecule is CN(C)c1ccc(NC(=O)N(CCCN2CCOCC2)Cc2ccc(C(=O)Nc3ccccc3N)nc2)cc1. The van der Waals surface area contributed by atoms with E-state index in [1.54, 1.807) is 41.4 Å². The Labute approximate surface area is 229 Å². The number of ether oxygens (including phenoxy) is 1. The fraction of sp³-hybridized carbons (Fsp3) is 0.345. The number of nitrogens with zero attached hydrogens (tertiary/aromatic N) is 4. The second kappa shape index (κ2) is 13.6. The molecule has 3 aromatic rings. The normalized spacial score (nSPS) is 13.5. The van der Waals surface area contributed by atoms with E-state index >= 15 is 0 Å². The van der Waals surface area contributed by atoms with Gasteiger partial charge in [-0.1, -0.05) is 18.2 Å². The van der Waals surface area contributed by atoms with E-state index in [0.29, 0.717) is 24.5 Å². The van der Waals surface area contributed by atoms with Crippen LogP contribution in [0.2, 0.25) is 0 Å². The van der Waals surface area contributed by atoms with Crippen LogP contribution in [-0.2, 0) is 11.3 Å². The zero-order chi connectivity index (χ0) is 27.6. The molecule has 1 aromatic heterocycles. The van der Waals surface area contributed by atoms with Gasteiger partial charge in [-0.25, -0.2) is 4.79 Å². The summed E-state index contributed by atoms with van der Waals surface area (Å²) in [5.41, 5.74) is 9.83. The Bertz CT molecular complexity index is 1230. The van der Waals surface area contributed by atoms with Crippen molar-refractivity contribution < 1.29 is 14.3 Å². The molecule has 2 aromatic carbocycles. The molecule has 0 bridgehead atoms. The summed E-state index contributed by atoms with van der Waals surface area (Å²) in [5, 5.41) is 5.80. The van der Waals surface area contributed by atoms with Crippen LogP contribution in [0.25, 0.3) is 0 Å². The minimum Gasteiger partial charge on any atom is -0.397 e. The third-order valence-electron chi connectivity index (χ3n) is 6.57. The van der Waals surface area contributed by atoms with Crippen LogP contribution in [0.1, 0.15) is 22.5 Å². The summed E-state index contributed by atoms with van der Waals surface area (Å²) in [6, 6.07) is 18.1. The van der Waals surface area contributed by atoms with E-state index in [1.165, 1.54) is 0 Å². The van der Waals surface area contributed by atoms with Crippen LogP contribution in [0.15, 0.2) is 66.9 Å². The fourth-order valence-corrected chi connectivity index (χ4v) is 4.28. The number of nitrogens with two attached hydrogens (primary N) is 1. The lowest BCUT2D eigenvalue weighted by Crippen LogP contribution is -2.40. The summed E-state index contributed by atoms with van der Waals surface area (Å²) < 4.78 is 5.44. The van der Waals surface area contributed by atoms with Crippen LogP contribution in [0.4, 0.5) is 27.5 Å². The van der Waals surface area contributed by atoms with Crippen LogP contribution in [0.3, 0.4) is 0 Å². The first-order chi connectivity index (χ1) is 18.9. The first-order valence-corrected chi connectivity index (χ1v) is 13.1. The predicted octanol–water partition coefficient (Wildman–Crippen LogP) is 3.74. The van der Waals surface area contributed by atoms with Gasteiger partial charge < -0.3 is 30.9 Å². The van der Waals surface area contributed by atoms with Gasteiger partial charge in [0.15, 0.2) is 0 Å². The second-order valence-electron chi connectivity index (χ2n) is 9.69. The molecule has 4 rings (SSSR count). The summed E-state index contributed by atoms with van der Waals surface area (Å²) in [5.74, 6) is -0.347. The van der Waals surface area contributed by atoms with Crippen LogP contribution >= 0.6 is 0 Å². The van der Waals surface area contributed by atoms with E-state index in [1.807, 2.05) is 49.3 Å². The molecule has 1 aliphatic rings. The molecule has 0 atom stereocenters. The van der Waals surface area contributed by atoms with Gasteiger partial charge in [-0.05, 0) is 54.4 Å². The molecule has 1 saturated heterocycles. The number of hydrogen-bond donors (Lipinski definition) is 3. The third-order valence-corrected chi connectivity index (χ3v) is 6.57. The molecule has 1 aliphatic heterocycles. The number of nitrogens with one attached hydrogen (secondary N) is 2. The summed E-state index contributed by atoms with van der Waals surface area (Å²) in [4.78, 5) is 36.4. The zero-order valence-corrected chi connectivity index (χ0v) is 22.6.